The predicted molar refractivity (Wildman–Crippen MR) is 275 cm³/mol. The van der Waals surface area contributed by atoms with Gasteiger partial charge in [-0.2, -0.15) is 0 Å². The third kappa shape index (κ3) is 17.2. The number of benzene rings is 2. The van der Waals surface area contributed by atoms with Gasteiger partial charge in [-0.15, -0.1) is 13.2 Å². The summed E-state index contributed by atoms with van der Waals surface area (Å²) in [7, 11) is 0. The number of hydrogen-bond donors (Lipinski definition) is 2. The molecule has 0 saturated heterocycles. The summed E-state index contributed by atoms with van der Waals surface area (Å²) in [5.41, 5.74) is 10.6. The molecule has 5 aromatic heterocycles. The van der Waals surface area contributed by atoms with Crippen molar-refractivity contribution in [3.63, 3.8) is 0 Å². The van der Waals surface area contributed by atoms with Crippen LogP contribution in [0, 0.1) is 32.6 Å². The predicted octanol–water partition coefficient (Wildman–Crippen LogP) is 14.4. The van der Waals surface area contributed by atoms with Gasteiger partial charge in [0.1, 0.15) is 0 Å². The lowest BCUT2D eigenvalue weighted by Gasteiger charge is -2.27. The lowest BCUT2D eigenvalue weighted by molar-refractivity contribution is 0.348. The molecule has 7 heteroatoms. The van der Waals surface area contributed by atoms with Crippen molar-refractivity contribution in [2.45, 2.75) is 126 Å². The van der Waals surface area contributed by atoms with E-state index in [9.17, 15) is 0 Å². The molecule has 0 aliphatic carbocycles. The van der Waals surface area contributed by atoms with Crippen LogP contribution in [0.1, 0.15) is 138 Å². The third-order valence-corrected chi connectivity index (χ3v) is 11.0. The first-order valence-corrected chi connectivity index (χ1v) is 23.5. The lowest BCUT2D eigenvalue weighted by atomic mass is 9.96. The van der Waals surface area contributed by atoms with Crippen molar-refractivity contribution >= 4 is 21.8 Å². The van der Waals surface area contributed by atoms with Crippen molar-refractivity contribution < 1.29 is 0 Å². The number of hydrogen-bond acceptors (Lipinski definition) is 7. The number of rotatable bonds is 15. The minimum atomic E-state index is -0.182. The van der Waals surface area contributed by atoms with Crippen LogP contribution in [0.25, 0.3) is 21.8 Å². The largest absolute Gasteiger partial charge is 0.303 e. The number of aryl methyl sites for hydroxylation is 4. The molecule has 3 unspecified atom stereocenters. The zero-order chi connectivity index (χ0) is 46.7. The van der Waals surface area contributed by atoms with Gasteiger partial charge in [-0.25, -0.2) is 0 Å². The standard InChI is InChI=1S/C37H38N6.C11H17N.C4H10.C3H8.C2H4/c1-24-10-7-13-28-17-19-32(42-34(24)28)37(33-20-18-29-14-8-11-25(2)35(29)43-33)39-22-26(3)36(31-16-5-6-21-38-31)40-23-30-15-9-12-27(4)41-30;1-3-10(2)7-8-11-6-4-5-9-12-11;1-3-4-2;1-3-2;1-2/h5-21,26,36-37,39-40H,22-23H2,1-4H3;4-6,9-10H,3,7-8H2,1-2H3;3-4H2,1-2H3;3H2,1-2H3;1-2H2. The molecule has 0 fully saturated rings. The Bertz CT molecular complexity index is 2240. The molecule has 7 aromatic rings. The highest BCUT2D eigenvalue weighted by molar-refractivity contribution is 5.83. The summed E-state index contributed by atoms with van der Waals surface area (Å²) in [6.45, 7) is 29.1. The minimum Gasteiger partial charge on any atom is -0.303 e. The van der Waals surface area contributed by atoms with Gasteiger partial charge in [0.25, 0.3) is 0 Å². The molecule has 64 heavy (non-hydrogen) atoms. The second-order valence-corrected chi connectivity index (χ2v) is 16.5. The monoisotopic (exact) mass is 860 g/mol. The van der Waals surface area contributed by atoms with Crippen LogP contribution in [-0.4, -0.2) is 31.5 Å². The fourth-order valence-corrected chi connectivity index (χ4v) is 6.94. The summed E-state index contributed by atoms with van der Waals surface area (Å²) < 4.78 is 0. The topological polar surface area (TPSA) is 88.5 Å². The Morgan fingerprint density at radius 2 is 1.09 bits per heavy atom. The molecule has 7 rings (SSSR count). The van der Waals surface area contributed by atoms with E-state index >= 15 is 0 Å². The summed E-state index contributed by atoms with van der Waals surface area (Å²) in [6.07, 6.45) is 11.3. The van der Waals surface area contributed by atoms with Crippen LogP contribution in [0.4, 0.5) is 0 Å². The van der Waals surface area contributed by atoms with E-state index in [-0.39, 0.29) is 18.0 Å². The SMILES string of the molecule is C=C.CCC.CCC(C)CCc1ccccn1.CCCC.Cc1cccc(CNC(c2ccccn2)C(C)CNC(c2ccc3cccc(C)c3n2)c2ccc3cccc(C)c3n2)n1. The summed E-state index contributed by atoms with van der Waals surface area (Å²) in [6, 6.07) is 39.5. The zero-order valence-corrected chi connectivity index (χ0v) is 40.7. The summed E-state index contributed by atoms with van der Waals surface area (Å²) in [5.74, 6) is 1.03. The second kappa shape index (κ2) is 29.7. The zero-order valence-electron chi connectivity index (χ0n) is 40.7. The molecule has 0 bridgehead atoms. The average Bonchev–Trinajstić information content (AvgIpc) is 3.33. The molecule has 7 nitrogen and oxygen atoms in total. The third-order valence-electron chi connectivity index (χ3n) is 11.0. The van der Waals surface area contributed by atoms with Gasteiger partial charge in [0.15, 0.2) is 0 Å². The number of nitrogens with zero attached hydrogens (tertiary/aromatic N) is 5. The van der Waals surface area contributed by atoms with Crippen molar-refractivity contribution in [3.05, 3.63) is 186 Å². The van der Waals surface area contributed by atoms with Gasteiger partial charge in [0.05, 0.1) is 45.9 Å². The fraction of sp³-hybridized carbons (Fsp3) is 0.386. The van der Waals surface area contributed by atoms with E-state index in [2.05, 4.69) is 182 Å². The number of aromatic nitrogens is 5. The van der Waals surface area contributed by atoms with Crippen molar-refractivity contribution in [1.82, 2.24) is 35.6 Å². The molecule has 0 saturated carbocycles. The molecule has 0 radical (unpaired) electrons. The minimum absolute atomic E-state index is 0.0234. The van der Waals surface area contributed by atoms with Gasteiger partial charge in [0.2, 0.25) is 0 Å². The van der Waals surface area contributed by atoms with Gasteiger partial charge in [-0.3, -0.25) is 24.9 Å². The highest BCUT2D eigenvalue weighted by Gasteiger charge is 2.24. The van der Waals surface area contributed by atoms with E-state index < -0.39 is 0 Å². The van der Waals surface area contributed by atoms with Crippen LogP contribution in [0.3, 0.4) is 0 Å². The Morgan fingerprint density at radius 1 is 0.547 bits per heavy atom. The smallest absolute Gasteiger partial charge is 0.0925 e. The number of unbranched alkanes of at least 4 members (excludes halogenated alkanes) is 1. The van der Waals surface area contributed by atoms with Crippen LogP contribution in [0.5, 0.6) is 0 Å². The van der Waals surface area contributed by atoms with Crippen molar-refractivity contribution in [2.24, 2.45) is 11.8 Å². The molecular weight excluding hydrogens is 783 g/mol. The molecule has 2 N–H and O–H groups in total. The Balaban J connectivity index is 0.000000432. The van der Waals surface area contributed by atoms with Crippen LogP contribution in [0.15, 0.2) is 141 Å². The van der Waals surface area contributed by atoms with E-state index in [0.717, 1.165) is 80.3 Å². The van der Waals surface area contributed by atoms with Gasteiger partial charge < -0.3 is 10.6 Å². The van der Waals surface area contributed by atoms with Crippen molar-refractivity contribution in [2.75, 3.05) is 6.54 Å². The molecule has 0 aliphatic rings. The van der Waals surface area contributed by atoms with Crippen molar-refractivity contribution in [3.8, 4) is 0 Å². The van der Waals surface area contributed by atoms with E-state index in [1.807, 2.05) is 43.6 Å². The van der Waals surface area contributed by atoms with Gasteiger partial charge in [-0.1, -0.05) is 141 Å². The molecular formula is C57H77N7. The number of para-hydroxylation sites is 2. The fourth-order valence-electron chi connectivity index (χ4n) is 6.94. The van der Waals surface area contributed by atoms with Gasteiger partial charge in [-0.05, 0) is 105 Å². The normalized spacial score (nSPS) is 12.0. The Kier molecular flexibility index (Phi) is 24.4. The van der Waals surface area contributed by atoms with Gasteiger partial charge in [0, 0.05) is 47.6 Å². The Labute approximate surface area is 386 Å². The van der Waals surface area contributed by atoms with Gasteiger partial charge >= 0.3 is 0 Å². The average molecular weight is 860 g/mol. The molecule has 0 amide bonds. The van der Waals surface area contributed by atoms with Crippen molar-refractivity contribution in [1.29, 1.82) is 0 Å². The van der Waals surface area contributed by atoms with Crippen LogP contribution >= 0.6 is 0 Å². The van der Waals surface area contributed by atoms with E-state index in [4.69, 9.17) is 19.9 Å². The molecule has 340 valence electrons. The second-order valence-electron chi connectivity index (χ2n) is 16.5. The number of fused-ring (bicyclic) bond motifs is 2. The van der Waals surface area contributed by atoms with Crippen LogP contribution < -0.4 is 10.6 Å². The Hall–Kier alpha value is -5.63. The first kappa shape index (κ1) is 52.7. The maximum atomic E-state index is 5.18. The first-order chi connectivity index (χ1) is 31.1. The molecule has 2 aromatic carbocycles. The van der Waals surface area contributed by atoms with E-state index in [1.165, 1.54) is 37.8 Å². The Morgan fingerprint density at radius 3 is 1.59 bits per heavy atom. The highest BCUT2D eigenvalue weighted by atomic mass is 15.0. The van der Waals surface area contributed by atoms with E-state index in [0.29, 0.717) is 6.54 Å². The quantitative estimate of drug-likeness (QED) is 0.0993. The number of pyridine rings is 5. The summed E-state index contributed by atoms with van der Waals surface area (Å²) in [4.78, 5) is 24.1. The summed E-state index contributed by atoms with van der Waals surface area (Å²) in [5, 5.41) is 9.90. The number of nitrogens with one attached hydrogen (secondary N) is 2. The highest BCUT2D eigenvalue weighted by Crippen LogP contribution is 2.28. The molecule has 0 aliphatic heterocycles. The molecule has 0 spiro atoms. The molecule has 3 atom stereocenters. The maximum absolute atomic E-state index is 5.18. The maximum Gasteiger partial charge on any atom is 0.0925 e. The lowest BCUT2D eigenvalue weighted by Crippen LogP contribution is -2.36. The van der Waals surface area contributed by atoms with Crippen LogP contribution in [0.2, 0.25) is 0 Å². The van der Waals surface area contributed by atoms with E-state index in [1.54, 1.807) is 0 Å². The molecule has 5 heterocycles. The van der Waals surface area contributed by atoms with Crippen LogP contribution in [-0.2, 0) is 13.0 Å². The first-order valence-electron chi connectivity index (χ1n) is 23.5. The summed E-state index contributed by atoms with van der Waals surface area (Å²) >= 11 is 0.